The monoisotopic (exact) mass is 314 g/mol. The zero-order chi connectivity index (χ0) is 15.0. The summed E-state index contributed by atoms with van der Waals surface area (Å²) in [5, 5.41) is 14.1. The second kappa shape index (κ2) is 8.76. The molecule has 0 saturated heterocycles. The first kappa shape index (κ1) is 16.7. The fourth-order valence-corrected chi connectivity index (χ4v) is 2.37. The second-order valence-electron chi connectivity index (χ2n) is 4.00. The van der Waals surface area contributed by atoms with Gasteiger partial charge in [0, 0.05) is 10.6 Å². The van der Waals surface area contributed by atoms with Crippen LogP contribution < -0.4 is 10.6 Å². The van der Waals surface area contributed by atoms with Gasteiger partial charge in [-0.2, -0.15) is 11.8 Å². The quantitative estimate of drug-likeness (QED) is 0.675. The zero-order valence-corrected chi connectivity index (χ0v) is 13.0. The number of urea groups is 1. The summed E-state index contributed by atoms with van der Waals surface area (Å²) in [4.78, 5) is 23.9. The number of hydrogen-bond donors (Lipinski definition) is 3. The van der Waals surface area contributed by atoms with Crippen LogP contribution >= 0.6 is 23.5 Å². The van der Waals surface area contributed by atoms with E-state index in [-0.39, 0.29) is 0 Å². The van der Waals surface area contributed by atoms with Crippen molar-refractivity contribution in [2.75, 3.05) is 23.6 Å². The maximum Gasteiger partial charge on any atom is 0.326 e. The van der Waals surface area contributed by atoms with Gasteiger partial charge in [-0.1, -0.05) is 0 Å². The number of benzene rings is 1. The summed E-state index contributed by atoms with van der Waals surface area (Å²) >= 11 is 3.16. The summed E-state index contributed by atoms with van der Waals surface area (Å²) in [6.07, 6.45) is 4.26. The van der Waals surface area contributed by atoms with E-state index in [1.54, 1.807) is 35.7 Å². The highest BCUT2D eigenvalue weighted by Crippen LogP contribution is 2.17. The molecule has 0 aliphatic rings. The van der Waals surface area contributed by atoms with E-state index >= 15 is 0 Å². The highest BCUT2D eigenvalue weighted by molar-refractivity contribution is 7.98. The lowest BCUT2D eigenvalue weighted by Gasteiger charge is -2.14. The average molecular weight is 314 g/mol. The second-order valence-corrected chi connectivity index (χ2v) is 5.86. The van der Waals surface area contributed by atoms with Crippen LogP contribution in [0.4, 0.5) is 10.5 Å². The van der Waals surface area contributed by atoms with Gasteiger partial charge in [0.2, 0.25) is 0 Å². The number of carbonyl (C=O) groups is 2. The molecule has 7 heteroatoms. The van der Waals surface area contributed by atoms with Crippen LogP contribution in [0.1, 0.15) is 6.42 Å². The van der Waals surface area contributed by atoms with E-state index in [4.69, 9.17) is 5.11 Å². The van der Waals surface area contributed by atoms with Crippen LogP contribution in [0.5, 0.6) is 0 Å². The number of amides is 2. The van der Waals surface area contributed by atoms with E-state index in [1.807, 2.05) is 24.6 Å². The SMILES string of the molecule is CSCC[C@@H](NC(=O)Nc1ccc(SC)cc1)C(=O)O. The van der Waals surface area contributed by atoms with Gasteiger partial charge >= 0.3 is 12.0 Å². The number of carbonyl (C=O) groups excluding carboxylic acids is 1. The zero-order valence-electron chi connectivity index (χ0n) is 11.4. The van der Waals surface area contributed by atoms with Crippen LogP contribution in [0.3, 0.4) is 0 Å². The molecule has 0 bridgehead atoms. The lowest BCUT2D eigenvalue weighted by Crippen LogP contribution is -2.43. The molecule has 0 spiro atoms. The average Bonchev–Trinajstić information content (AvgIpc) is 2.44. The molecular formula is C13H18N2O3S2. The maximum absolute atomic E-state index is 11.7. The topological polar surface area (TPSA) is 78.4 Å². The van der Waals surface area contributed by atoms with Gasteiger partial charge in [-0.15, -0.1) is 11.8 Å². The van der Waals surface area contributed by atoms with Crippen molar-refractivity contribution in [1.82, 2.24) is 5.32 Å². The van der Waals surface area contributed by atoms with Gasteiger partial charge in [-0.3, -0.25) is 0 Å². The number of hydrogen-bond acceptors (Lipinski definition) is 4. The number of aliphatic carboxylic acids is 1. The van der Waals surface area contributed by atoms with Crippen LogP contribution in [0.25, 0.3) is 0 Å². The lowest BCUT2D eigenvalue weighted by molar-refractivity contribution is -0.139. The van der Waals surface area contributed by atoms with Crippen LogP contribution in [-0.2, 0) is 4.79 Å². The highest BCUT2D eigenvalue weighted by atomic mass is 32.2. The first-order chi connectivity index (χ1) is 9.56. The molecule has 5 nitrogen and oxygen atoms in total. The Labute approximate surface area is 126 Å². The van der Waals surface area contributed by atoms with E-state index in [9.17, 15) is 9.59 Å². The molecule has 3 N–H and O–H groups in total. The first-order valence-electron chi connectivity index (χ1n) is 6.00. The van der Waals surface area contributed by atoms with E-state index < -0.39 is 18.0 Å². The molecule has 0 heterocycles. The van der Waals surface area contributed by atoms with Gasteiger partial charge in [0.25, 0.3) is 0 Å². The summed E-state index contributed by atoms with van der Waals surface area (Å²) in [6.45, 7) is 0. The molecule has 1 rings (SSSR count). The van der Waals surface area contributed by atoms with Crippen molar-refractivity contribution >= 4 is 41.2 Å². The van der Waals surface area contributed by atoms with Crippen molar-refractivity contribution in [2.45, 2.75) is 17.4 Å². The molecule has 0 aromatic heterocycles. The lowest BCUT2D eigenvalue weighted by atomic mass is 10.2. The van der Waals surface area contributed by atoms with Gasteiger partial charge < -0.3 is 15.7 Å². The van der Waals surface area contributed by atoms with Gasteiger partial charge in [-0.05, 0) is 49.0 Å². The smallest absolute Gasteiger partial charge is 0.326 e. The predicted molar refractivity (Wildman–Crippen MR) is 84.8 cm³/mol. The van der Waals surface area contributed by atoms with E-state index in [1.165, 1.54) is 0 Å². The molecule has 110 valence electrons. The number of nitrogens with one attached hydrogen (secondary N) is 2. The fraction of sp³-hybridized carbons (Fsp3) is 0.385. The molecule has 0 radical (unpaired) electrons. The van der Waals surface area contributed by atoms with E-state index in [0.29, 0.717) is 17.9 Å². The van der Waals surface area contributed by atoms with Crippen molar-refractivity contribution < 1.29 is 14.7 Å². The summed E-state index contributed by atoms with van der Waals surface area (Å²) in [6, 6.07) is 5.97. The Morgan fingerprint density at radius 3 is 2.40 bits per heavy atom. The summed E-state index contributed by atoms with van der Waals surface area (Å²) < 4.78 is 0. The van der Waals surface area contributed by atoms with Crippen LogP contribution in [0.2, 0.25) is 0 Å². The van der Waals surface area contributed by atoms with E-state index in [2.05, 4.69) is 10.6 Å². The van der Waals surface area contributed by atoms with Crippen molar-refractivity contribution in [2.24, 2.45) is 0 Å². The third-order valence-electron chi connectivity index (χ3n) is 2.56. The van der Waals surface area contributed by atoms with Gasteiger partial charge in [-0.25, -0.2) is 9.59 Å². The minimum absolute atomic E-state index is 0.398. The van der Waals surface area contributed by atoms with Crippen molar-refractivity contribution in [1.29, 1.82) is 0 Å². The number of carboxylic acids is 1. The Morgan fingerprint density at radius 1 is 1.25 bits per heavy atom. The molecule has 0 aliphatic heterocycles. The minimum atomic E-state index is -1.02. The van der Waals surface area contributed by atoms with Crippen molar-refractivity contribution in [3.8, 4) is 0 Å². The molecule has 0 aliphatic carbocycles. The molecule has 1 aromatic carbocycles. The molecule has 1 aromatic rings. The molecular weight excluding hydrogens is 296 g/mol. The van der Waals surface area contributed by atoms with Gasteiger partial charge in [0.05, 0.1) is 0 Å². The summed E-state index contributed by atoms with van der Waals surface area (Å²) in [7, 11) is 0. The Kier molecular flexibility index (Phi) is 7.32. The largest absolute Gasteiger partial charge is 0.480 e. The predicted octanol–water partition coefficient (Wildman–Crippen LogP) is 2.74. The molecule has 1 atom stereocenters. The molecule has 0 unspecified atom stereocenters. The Balaban J connectivity index is 2.53. The Hall–Kier alpha value is -1.34. The van der Waals surface area contributed by atoms with Crippen LogP contribution in [0, 0.1) is 0 Å². The molecule has 2 amide bonds. The maximum atomic E-state index is 11.7. The van der Waals surface area contributed by atoms with Gasteiger partial charge in [0.1, 0.15) is 6.04 Å². The number of anilines is 1. The standard InChI is InChI=1S/C13H18N2O3S2/c1-19-8-7-11(12(16)17)15-13(18)14-9-3-5-10(20-2)6-4-9/h3-6,11H,7-8H2,1-2H3,(H,16,17)(H2,14,15,18)/t11-/m1/s1. The minimum Gasteiger partial charge on any atom is -0.480 e. The first-order valence-corrected chi connectivity index (χ1v) is 8.62. The number of rotatable bonds is 7. The van der Waals surface area contributed by atoms with Crippen molar-refractivity contribution in [3.63, 3.8) is 0 Å². The number of thioether (sulfide) groups is 2. The molecule has 20 heavy (non-hydrogen) atoms. The third-order valence-corrected chi connectivity index (χ3v) is 3.95. The Bertz CT molecular complexity index is 451. The normalized spacial score (nSPS) is 11.7. The molecule has 0 fully saturated rings. The number of carboxylic acid groups (broad SMARTS) is 1. The summed E-state index contributed by atoms with van der Waals surface area (Å²) in [5.41, 5.74) is 0.634. The molecule has 0 saturated carbocycles. The van der Waals surface area contributed by atoms with E-state index in [0.717, 1.165) is 4.90 Å². The van der Waals surface area contributed by atoms with Gasteiger partial charge in [0.15, 0.2) is 0 Å². The Morgan fingerprint density at radius 2 is 1.90 bits per heavy atom. The summed E-state index contributed by atoms with van der Waals surface area (Å²) in [5.74, 6) is -0.341. The van der Waals surface area contributed by atoms with Crippen LogP contribution in [0.15, 0.2) is 29.2 Å². The van der Waals surface area contributed by atoms with Crippen LogP contribution in [-0.4, -0.2) is 41.4 Å². The third kappa shape index (κ3) is 5.75. The van der Waals surface area contributed by atoms with Crippen molar-refractivity contribution in [3.05, 3.63) is 24.3 Å². The fourth-order valence-electron chi connectivity index (χ4n) is 1.49. The highest BCUT2D eigenvalue weighted by Gasteiger charge is 2.19.